The van der Waals surface area contributed by atoms with E-state index < -0.39 is 0 Å². The first-order chi connectivity index (χ1) is 15.1. The van der Waals surface area contributed by atoms with E-state index in [0.29, 0.717) is 29.4 Å². The summed E-state index contributed by atoms with van der Waals surface area (Å²) >= 11 is 7.60. The zero-order valence-electron chi connectivity index (χ0n) is 16.8. The first-order valence-electron chi connectivity index (χ1n) is 10.3. The molecule has 2 aliphatic heterocycles. The number of nitrogens with zero attached hydrogens (tertiary/aromatic N) is 2. The minimum atomic E-state index is -0.0557. The molecule has 3 aromatic rings. The van der Waals surface area contributed by atoms with Gasteiger partial charge in [-0.05, 0) is 53.4 Å². The maximum atomic E-state index is 13.1. The van der Waals surface area contributed by atoms with Gasteiger partial charge in [0.05, 0.1) is 5.75 Å². The minimum absolute atomic E-state index is 0.0182. The number of halogens is 1. The molecule has 0 bridgehead atoms. The van der Waals surface area contributed by atoms with Crippen LogP contribution in [-0.4, -0.2) is 29.0 Å². The van der Waals surface area contributed by atoms with Crippen LogP contribution in [0.3, 0.4) is 0 Å². The van der Waals surface area contributed by atoms with Crippen molar-refractivity contribution in [1.29, 1.82) is 0 Å². The Morgan fingerprint density at radius 2 is 1.74 bits per heavy atom. The lowest BCUT2D eigenvalue weighted by Gasteiger charge is -2.25. The van der Waals surface area contributed by atoms with Crippen molar-refractivity contribution in [2.24, 2.45) is 0 Å². The average molecular weight is 449 g/mol. The van der Waals surface area contributed by atoms with E-state index in [4.69, 9.17) is 11.6 Å². The van der Waals surface area contributed by atoms with Crippen molar-refractivity contribution in [3.63, 3.8) is 0 Å². The van der Waals surface area contributed by atoms with E-state index in [-0.39, 0.29) is 17.2 Å². The summed E-state index contributed by atoms with van der Waals surface area (Å²) in [5.41, 5.74) is 4.96. The molecule has 2 amide bonds. The van der Waals surface area contributed by atoms with Gasteiger partial charge in [0.2, 0.25) is 5.91 Å². The summed E-state index contributed by atoms with van der Waals surface area (Å²) in [6.45, 7) is 1.25. The fraction of sp³-hybridized carbons (Fsp3) is 0.200. The van der Waals surface area contributed by atoms with Crippen LogP contribution in [0.5, 0.6) is 0 Å². The van der Waals surface area contributed by atoms with Gasteiger partial charge >= 0.3 is 0 Å². The van der Waals surface area contributed by atoms with Crippen LogP contribution in [0.4, 0.5) is 5.69 Å². The molecule has 0 aliphatic carbocycles. The summed E-state index contributed by atoms with van der Waals surface area (Å²) in [5.74, 6) is 0.604. The van der Waals surface area contributed by atoms with Crippen molar-refractivity contribution < 1.29 is 9.59 Å². The molecule has 5 rings (SSSR count). The standard InChI is InChI=1S/C25H21ClN2O2S/c26-21-11-5-17(6-12-21)15-28-23(29)16-31-25(28)20-9-7-19(8-10-20)24(30)27-14-13-18-3-1-2-4-22(18)27/h1-12,25H,13-16H2/t25-/m1/s1. The van der Waals surface area contributed by atoms with E-state index >= 15 is 0 Å². The van der Waals surface area contributed by atoms with Gasteiger partial charge in [0.15, 0.2) is 0 Å². The van der Waals surface area contributed by atoms with E-state index in [1.54, 1.807) is 11.8 Å². The first-order valence-corrected chi connectivity index (χ1v) is 11.7. The zero-order chi connectivity index (χ0) is 21.4. The van der Waals surface area contributed by atoms with Crippen LogP contribution in [0, 0.1) is 0 Å². The second-order valence-corrected chi connectivity index (χ2v) is 9.27. The normalized spacial score (nSPS) is 17.8. The predicted molar refractivity (Wildman–Crippen MR) is 125 cm³/mol. The maximum absolute atomic E-state index is 13.1. The lowest BCUT2D eigenvalue weighted by molar-refractivity contribution is -0.128. The fourth-order valence-electron chi connectivity index (χ4n) is 4.18. The summed E-state index contributed by atoms with van der Waals surface area (Å²) in [4.78, 5) is 29.3. The van der Waals surface area contributed by atoms with Crippen LogP contribution in [0.2, 0.25) is 5.02 Å². The molecule has 4 nitrogen and oxygen atoms in total. The zero-order valence-corrected chi connectivity index (χ0v) is 18.4. The molecule has 0 radical (unpaired) electrons. The average Bonchev–Trinajstić information content (AvgIpc) is 3.39. The Labute approximate surface area is 190 Å². The molecular weight excluding hydrogens is 428 g/mol. The lowest BCUT2D eigenvalue weighted by Crippen LogP contribution is -2.29. The second-order valence-electron chi connectivity index (χ2n) is 7.77. The van der Waals surface area contributed by atoms with Crippen LogP contribution in [0.25, 0.3) is 0 Å². The third-order valence-corrected chi connectivity index (χ3v) is 7.32. The molecule has 156 valence electrons. The molecule has 0 saturated carbocycles. The van der Waals surface area contributed by atoms with Crippen molar-refractivity contribution in [1.82, 2.24) is 4.90 Å². The van der Waals surface area contributed by atoms with Crippen LogP contribution < -0.4 is 4.90 Å². The molecule has 1 fully saturated rings. The van der Waals surface area contributed by atoms with E-state index in [1.807, 2.05) is 76.5 Å². The number of rotatable bonds is 4. The Morgan fingerprint density at radius 3 is 2.52 bits per heavy atom. The number of benzene rings is 3. The van der Waals surface area contributed by atoms with Gasteiger partial charge in [0.25, 0.3) is 5.91 Å². The number of thioether (sulfide) groups is 1. The van der Waals surface area contributed by atoms with Gasteiger partial charge < -0.3 is 9.80 Å². The van der Waals surface area contributed by atoms with E-state index in [2.05, 4.69) is 6.07 Å². The molecule has 31 heavy (non-hydrogen) atoms. The topological polar surface area (TPSA) is 40.6 Å². The predicted octanol–water partition coefficient (Wildman–Crippen LogP) is 5.32. The summed E-state index contributed by atoms with van der Waals surface area (Å²) < 4.78 is 0. The Hall–Kier alpha value is -2.76. The van der Waals surface area contributed by atoms with Crippen molar-refractivity contribution in [3.8, 4) is 0 Å². The summed E-state index contributed by atoms with van der Waals surface area (Å²) in [6.07, 6.45) is 0.889. The molecule has 0 N–H and O–H groups in total. The van der Waals surface area contributed by atoms with Gasteiger partial charge in [-0.2, -0.15) is 0 Å². The smallest absolute Gasteiger partial charge is 0.258 e. The van der Waals surface area contributed by atoms with Gasteiger partial charge in [-0.3, -0.25) is 9.59 Å². The van der Waals surface area contributed by atoms with E-state index in [1.165, 1.54) is 5.56 Å². The van der Waals surface area contributed by atoms with Crippen LogP contribution in [-0.2, 0) is 17.8 Å². The van der Waals surface area contributed by atoms with Crippen molar-refractivity contribution in [3.05, 3.63) is 100 Å². The molecule has 2 aliphatic rings. The SMILES string of the molecule is O=C(c1ccc([C@H]2SCC(=O)N2Cc2ccc(Cl)cc2)cc1)N1CCc2ccccc21. The monoisotopic (exact) mass is 448 g/mol. The highest BCUT2D eigenvalue weighted by molar-refractivity contribution is 8.00. The quantitative estimate of drug-likeness (QED) is 0.542. The molecule has 1 atom stereocenters. The number of carbonyl (C=O) groups excluding carboxylic acids is 2. The highest BCUT2D eigenvalue weighted by atomic mass is 35.5. The minimum Gasteiger partial charge on any atom is -0.322 e. The first kappa shape index (κ1) is 20.2. The number of hydrogen-bond acceptors (Lipinski definition) is 3. The molecule has 2 heterocycles. The van der Waals surface area contributed by atoms with Gasteiger partial charge in [-0.25, -0.2) is 0 Å². The number of carbonyl (C=O) groups is 2. The van der Waals surface area contributed by atoms with Crippen molar-refractivity contribution >= 4 is 40.9 Å². The summed E-state index contributed by atoms with van der Waals surface area (Å²) in [5, 5.41) is 0.628. The Morgan fingerprint density at radius 1 is 1.00 bits per heavy atom. The van der Waals surface area contributed by atoms with E-state index in [9.17, 15) is 9.59 Å². The molecule has 3 aromatic carbocycles. The number of fused-ring (bicyclic) bond motifs is 1. The largest absolute Gasteiger partial charge is 0.322 e. The molecule has 6 heteroatoms. The number of anilines is 1. The van der Waals surface area contributed by atoms with Crippen molar-refractivity contribution in [2.45, 2.75) is 18.3 Å². The third-order valence-electron chi connectivity index (χ3n) is 5.81. The van der Waals surface area contributed by atoms with Gasteiger partial charge in [-0.15, -0.1) is 11.8 Å². The molecular formula is C25H21ClN2O2S. The van der Waals surface area contributed by atoms with Crippen molar-refractivity contribution in [2.75, 3.05) is 17.2 Å². The Kier molecular flexibility index (Phi) is 5.47. The molecule has 0 unspecified atom stereocenters. The van der Waals surface area contributed by atoms with Gasteiger partial charge in [0, 0.05) is 29.4 Å². The fourth-order valence-corrected chi connectivity index (χ4v) is 5.50. The summed E-state index contributed by atoms with van der Waals surface area (Å²) in [7, 11) is 0. The third kappa shape index (κ3) is 3.95. The van der Waals surface area contributed by atoms with E-state index in [0.717, 1.165) is 23.2 Å². The molecule has 0 spiro atoms. The Balaban J connectivity index is 1.34. The van der Waals surface area contributed by atoms with Gasteiger partial charge in [0.1, 0.15) is 5.37 Å². The highest BCUT2D eigenvalue weighted by Crippen LogP contribution is 2.40. The summed E-state index contributed by atoms with van der Waals surface area (Å²) in [6, 6.07) is 23.4. The number of hydrogen-bond donors (Lipinski definition) is 0. The second kappa shape index (κ2) is 8.40. The molecule has 1 saturated heterocycles. The number of amides is 2. The van der Waals surface area contributed by atoms with Crippen LogP contribution in [0.15, 0.2) is 72.8 Å². The van der Waals surface area contributed by atoms with Gasteiger partial charge in [-0.1, -0.05) is 54.1 Å². The maximum Gasteiger partial charge on any atom is 0.258 e. The lowest BCUT2D eigenvalue weighted by atomic mass is 10.1. The molecule has 0 aromatic heterocycles. The van der Waals surface area contributed by atoms with Crippen LogP contribution in [0.1, 0.15) is 32.4 Å². The van der Waals surface area contributed by atoms with Crippen LogP contribution >= 0.6 is 23.4 Å². The number of para-hydroxylation sites is 1. The Bertz CT molecular complexity index is 1130. The highest BCUT2D eigenvalue weighted by Gasteiger charge is 2.33.